The number of ether oxygens (including phenoxy) is 1. The largest absolute Gasteiger partial charge is 0.466 e. The molecular weight excluding hydrogens is 220 g/mol. The molecule has 0 radical (unpaired) electrons. The zero-order chi connectivity index (χ0) is 12.7. The fourth-order valence-electron chi connectivity index (χ4n) is 1.53. The average molecular weight is 238 g/mol. The lowest BCUT2D eigenvalue weighted by molar-refractivity contribution is -0.144. The van der Waals surface area contributed by atoms with Crippen LogP contribution >= 0.6 is 0 Å². The van der Waals surface area contributed by atoms with E-state index in [4.69, 9.17) is 4.74 Å². The van der Waals surface area contributed by atoms with E-state index in [9.17, 15) is 9.59 Å². The van der Waals surface area contributed by atoms with Crippen LogP contribution in [0.25, 0.3) is 0 Å². The predicted molar refractivity (Wildman–Crippen MR) is 62.5 cm³/mol. The standard InChI is InChI=1S/C12H18N2O3/c1-3-14-8-7-13-11(14)9-10(15)5-6-12(16)17-4-2/h7-8H,3-6,9H2,1-2H3. The summed E-state index contributed by atoms with van der Waals surface area (Å²) in [6, 6.07) is 0. The zero-order valence-electron chi connectivity index (χ0n) is 10.3. The SMILES string of the molecule is CCOC(=O)CCC(=O)Cc1nccn1CC. The lowest BCUT2D eigenvalue weighted by atomic mass is 10.1. The first-order valence-corrected chi connectivity index (χ1v) is 5.84. The number of esters is 1. The summed E-state index contributed by atoms with van der Waals surface area (Å²) in [4.78, 5) is 26.8. The Morgan fingerprint density at radius 3 is 2.76 bits per heavy atom. The van der Waals surface area contributed by atoms with Crippen LogP contribution in [-0.4, -0.2) is 27.9 Å². The number of hydrogen-bond donors (Lipinski definition) is 0. The number of ketones is 1. The van der Waals surface area contributed by atoms with E-state index in [1.807, 2.05) is 17.7 Å². The molecule has 0 saturated carbocycles. The molecule has 0 bridgehead atoms. The molecule has 17 heavy (non-hydrogen) atoms. The highest BCUT2D eigenvalue weighted by Gasteiger charge is 2.11. The fourth-order valence-corrected chi connectivity index (χ4v) is 1.53. The molecule has 0 unspecified atom stereocenters. The van der Waals surface area contributed by atoms with E-state index in [0.717, 1.165) is 12.4 Å². The highest BCUT2D eigenvalue weighted by molar-refractivity contribution is 5.84. The van der Waals surface area contributed by atoms with Crippen molar-refractivity contribution in [2.24, 2.45) is 0 Å². The third-order valence-corrected chi connectivity index (χ3v) is 2.41. The van der Waals surface area contributed by atoms with Gasteiger partial charge in [-0.15, -0.1) is 0 Å². The second-order valence-electron chi connectivity index (χ2n) is 3.65. The molecule has 1 heterocycles. The Morgan fingerprint density at radius 1 is 1.35 bits per heavy atom. The number of imidazole rings is 1. The second-order valence-corrected chi connectivity index (χ2v) is 3.65. The van der Waals surface area contributed by atoms with Gasteiger partial charge in [0.15, 0.2) is 0 Å². The van der Waals surface area contributed by atoms with Crippen LogP contribution < -0.4 is 0 Å². The second kappa shape index (κ2) is 6.83. The smallest absolute Gasteiger partial charge is 0.306 e. The summed E-state index contributed by atoms with van der Waals surface area (Å²) < 4.78 is 6.68. The highest BCUT2D eigenvalue weighted by atomic mass is 16.5. The van der Waals surface area contributed by atoms with Crippen LogP contribution in [0.2, 0.25) is 0 Å². The molecule has 0 aliphatic heterocycles. The number of carbonyl (C=O) groups excluding carboxylic acids is 2. The van der Waals surface area contributed by atoms with E-state index in [2.05, 4.69) is 4.98 Å². The maximum atomic E-state index is 11.6. The number of aromatic nitrogens is 2. The molecule has 1 aromatic rings. The number of aryl methyl sites for hydroxylation is 1. The molecular formula is C12H18N2O3. The van der Waals surface area contributed by atoms with E-state index in [1.54, 1.807) is 13.1 Å². The van der Waals surface area contributed by atoms with Crippen molar-refractivity contribution in [3.05, 3.63) is 18.2 Å². The number of carbonyl (C=O) groups is 2. The van der Waals surface area contributed by atoms with Crippen LogP contribution in [0.1, 0.15) is 32.5 Å². The minimum atomic E-state index is -0.320. The third kappa shape index (κ3) is 4.38. The number of hydrogen-bond acceptors (Lipinski definition) is 4. The number of Topliss-reactive ketones (excluding diaryl/α,β-unsaturated/α-hetero) is 1. The molecule has 0 aromatic carbocycles. The van der Waals surface area contributed by atoms with E-state index in [-0.39, 0.29) is 31.0 Å². The maximum absolute atomic E-state index is 11.6. The van der Waals surface area contributed by atoms with Gasteiger partial charge >= 0.3 is 5.97 Å². The molecule has 1 aromatic heterocycles. The zero-order valence-corrected chi connectivity index (χ0v) is 10.3. The van der Waals surface area contributed by atoms with Gasteiger partial charge in [0.2, 0.25) is 0 Å². The van der Waals surface area contributed by atoms with Crippen LogP contribution in [0.3, 0.4) is 0 Å². The van der Waals surface area contributed by atoms with Crippen molar-refractivity contribution in [3.8, 4) is 0 Å². The van der Waals surface area contributed by atoms with E-state index in [0.29, 0.717) is 6.61 Å². The maximum Gasteiger partial charge on any atom is 0.306 e. The molecule has 0 amide bonds. The monoisotopic (exact) mass is 238 g/mol. The van der Waals surface area contributed by atoms with Crippen molar-refractivity contribution in [1.82, 2.24) is 9.55 Å². The Labute approximate surface area is 101 Å². The molecule has 0 N–H and O–H groups in total. The Kier molecular flexibility index (Phi) is 5.39. The van der Waals surface area contributed by atoms with Crippen LogP contribution in [0.5, 0.6) is 0 Å². The van der Waals surface area contributed by atoms with Crippen LogP contribution in [0, 0.1) is 0 Å². The van der Waals surface area contributed by atoms with Gasteiger partial charge in [0, 0.05) is 25.4 Å². The summed E-state index contributed by atoms with van der Waals surface area (Å²) >= 11 is 0. The van der Waals surface area contributed by atoms with E-state index < -0.39 is 0 Å². The summed E-state index contributed by atoms with van der Waals surface area (Å²) in [7, 11) is 0. The van der Waals surface area contributed by atoms with Crippen molar-refractivity contribution in [3.63, 3.8) is 0 Å². The molecule has 5 nitrogen and oxygen atoms in total. The van der Waals surface area contributed by atoms with E-state index in [1.165, 1.54) is 0 Å². The van der Waals surface area contributed by atoms with Crippen molar-refractivity contribution < 1.29 is 14.3 Å². The normalized spacial score (nSPS) is 10.2. The summed E-state index contributed by atoms with van der Waals surface area (Å²) in [6.45, 7) is 4.89. The molecule has 1 rings (SSSR count). The average Bonchev–Trinajstić information content (AvgIpc) is 2.74. The Hall–Kier alpha value is -1.65. The molecule has 0 spiro atoms. The Morgan fingerprint density at radius 2 is 2.12 bits per heavy atom. The first-order chi connectivity index (χ1) is 8.17. The van der Waals surface area contributed by atoms with Crippen LogP contribution in [0.4, 0.5) is 0 Å². The number of rotatable bonds is 7. The van der Waals surface area contributed by atoms with Gasteiger partial charge in [-0.3, -0.25) is 9.59 Å². The summed E-state index contributed by atoms with van der Waals surface area (Å²) in [5, 5.41) is 0. The van der Waals surface area contributed by atoms with Crippen LogP contribution in [-0.2, 0) is 27.3 Å². The van der Waals surface area contributed by atoms with E-state index >= 15 is 0 Å². The molecule has 0 aliphatic rings. The van der Waals surface area contributed by atoms with Gasteiger partial charge in [0.05, 0.1) is 19.4 Å². The molecule has 0 fully saturated rings. The lowest BCUT2D eigenvalue weighted by Gasteiger charge is -2.04. The minimum Gasteiger partial charge on any atom is -0.466 e. The van der Waals surface area contributed by atoms with Gasteiger partial charge in [-0.05, 0) is 13.8 Å². The number of nitrogens with zero attached hydrogens (tertiary/aromatic N) is 2. The third-order valence-electron chi connectivity index (χ3n) is 2.41. The van der Waals surface area contributed by atoms with Gasteiger partial charge in [-0.25, -0.2) is 4.98 Å². The first-order valence-electron chi connectivity index (χ1n) is 5.84. The van der Waals surface area contributed by atoms with Gasteiger partial charge in [-0.1, -0.05) is 0 Å². The lowest BCUT2D eigenvalue weighted by Crippen LogP contribution is -2.12. The Balaban J connectivity index is 2.37. The van der Waals surface area contributed by atoms with Gasteiger partial charge in [-0.2, -0.15) is 0 Å². The summed E-state index contributed by atoms with van der Waals surface area (Å²) in [5.41, 5.74) is 0. The van der Waals surface area contributed by atoms with Crippen molar-refractivity contribution >= 4 is 11.8 Å². The first kappa shape index (κ1) is 13.4. The van der Waals surface area contributed by atoms with Crippen LogP contribution in [0.15, 0.2) is 12.4 Å². The fraction of sp³-hybridized carbons (Fsp3) is 0.583. The summed E-state index contributed by atoms with van der Waals surface area (Å²) in [6.07, 6.45) is 4.17. The quantitative estimate of drug-likeness (QED) is 0.673. The topological polar surface area (TPSA) is 61.2 Å². The van der Waals surface area contributed by atoms with Gasteiger partial charge in [0.1, 0.15) is 11.6 Å². The van der Waals surface area contributed by atoms with Gasteiger partial charge in [0.25, 0.3) is 0 Å². The van der Waals surface area contributed by atoms with Crippen molar-refractivity contribution in [2.75, 3.05) is 6.61 Å². The minimum absolute atomic E-state index is 0.0129. The molecule has 94 valence electrons. The highest BCUT2D eigenvalue weighted by Crippen LogP contribution is 2.03. The van der Waals surface area contributed by atoms with Crippen molar-refractivity contribution in [1.29, 1.82) is 0 Å². The summed E-state index contributed by atoms with van der Waals surface area (Å²) in [5.74, 6) is 0.444. The van der Waals surface area contributed by atoms with Gasteiger partial charge < -0.3 is 9.30 Å². The molecule has 5 heteroatoms. The Bertz CT molecular complexity index is 385. The molecule has 0 atom stereocenters. The van der Waals surface area contributed by atoms with Crippen molar-refractivity contribution in [2.45, 2.75) is 39.7 Å². The predicted octanol–water partition coefficient (Wildman–Crippen LogP) is 1.36. The molecule has 0 saturated heterocycles. The molecule has 0 aliphatic carbocycles.